The molecule has 0 saturated carbocycles. The van der Waals surface area contributed by atoms with Crippen LogP contribution in [0.1, 0.15) is 11.6 Å². The Hall–Kier alpha value is -1.07. The van der Waals surface area contributed by atoms with Gasteiger partial charge in [0.15, 0.2) is 0 Å². The molecular weight excluding hydrogens is 178 g/mol. The highest BCUT2D eigenvalue weighted by atomic mass is 19.1. The Morgan fingerprint density at radius 1 is 1.46 bits per heavy atom. The molecule has 13 heavy (non-hydrogen) atoms. The van der Waals surface area contributed by atoms with Crippen molar-refractivity contribution in [3.8, 4) is 0 Å². The van der Waals surface area contributed by atoms with Gasteiger partial charge in [-0.2, -0.15) is 13.8 Å². The molecule has 0 aliphatic rings. The number of aliphatic hydroxyl groups excluding tert-OH is 1. The molecule has 1 heterocycles. The number of halogens is 2. The number of nitrogens with one attached hydrogen (secondary N) is 1. The van der Waals surface area contributed by atoms with E-state index in [9.17, 15) is 8.78 Å². The summed E-state index contributed by atoms with van der Waals surface area (Å²) in [5.41, 5.74) is 0.343. The molecule has 0 bridgehead atoms. The van der Waals surface area contributed by atoms with Gasteiger partial charge in [0, 0.05) is 0 Å². The Kier molecular flexibility index (Phi) is 3.27. The lowest BCUT2D eigenvalue weighted by molar-refractivity contribution is 0.250. The number of rotatable bonds is 3. The van der Waals surface area contributed by atoms with Crippen LogP contribution < -0.4 is 5.32 Å². The maximum absolute atomic E-state index is 12.6. The zero-order valence-electron chi connectivity index (χ0n) is 7.09. The van der Waals surface area contributed by atoms with Crippen LogP contribution in [0.2, 0.25) is 0 Å². The quantitative estimate of drug-likeness (QED) is 0.683. The van der Waals surface area contributed by atoms with Gasteiger partial charge < -0.3 is 10.4 Å². The topological polar surface area (TPSA) is 45.1 Å². The van der Waals surface area contributed by atoms with Crippen molar-refractivity contribution in [1.82, 2.24) is 10.3 Å². The van der Waals surface area contributed by atoms with Crippen LogP contribution in [0.4, 0.5) is 8.78 Å². The van der Waals surface area contributed by atoms with E-state index in [1.54, 1.807) is 7.05 Å². The van der Waals surface area contributed by atoms with Crippen LogP contribution in [0.15, 0.2) is 12.1 Å². The van der Waals surface area contributed by atoms with Crippen LogP contribution in [-0.4, -0.2) is 23.7 Å². The molecule has 5 heteroatoms. The fourth-order valence-corrected chi connectivity index (χ4v) is 1.05. The van der Waals surface area contributed by atoms with E-state index in [0.717, 1.165) is 12.1 Å². The van der Waals surface area contributed by atoms with Crippen LogP contribution in [0.25, 0.3) is 0 Å². The lowest BCUT2D eigenvalue weighted by atomic mass is 10.1. The minimum absolute atomic E-state index is 0.223. The van der Waals surface area contributed by atoms with E-state index in [1.807, 2.05) is 0 Å². The molecular formula is C8H10F2N2O. The van der Waals surface area contributed by atoms with Gasteiger partial charge in [0.05, 0.1) is 12.6 Å². The first kappa shape index (κ1) is 10.0. The average Bonchev–Trinajstić information content (AvgIpc) is 2.04. The first-order chi connectivity index (χ1) is 6.17. The first-order valence-electron chi connectivity index (χ1n) is 3.78. The van der Waals surface area contributed by atoms with Crippen molar-refractivity contribution in [3.63, 3.8) is 0 Å². The number of hydrogen-bond acceptors (Lipinski definition) is 3. The van der Waals surface area contributed by atoms with Crippen LogP contribution >= 0.6 is 0 Å². The van der Waals surface area contributed by atoms with E-state index < -0.39 is 17.9 Å². The summed E-state index contributed by atoms with van der Waals surface area (Å²) in [6.07, 6.45) is 0. The monoisotopic (exact) mass is 188 g/mol. The molecule has 0 aliphatic heterocycles. The largest absolute Gasteiger partial charge is 0.394 e. The molecule has 1 rings (SSSR count). The summed E-state index contributed by atoms with van der Waals surface area (Å²) in [6, 6.07) is 1.70. The van der Waals surface area contributed by atoms with Crippen LogP contribution in [0.3, 0.4) is 0 Å². The van der Waals surface area contributed by atoms with E-state index in [4.69, 9.17) is 5.11 Å². The molecule has 1 aromatic rings. The summed E-state index contributed by atoms with van der Waals surface area (Å²) >= 11 is 0. The maximum Gasteiger partial charge on any atom is 0.215 e. The van der Waals surface area contributed by atoms with Gasteiger partial charge in [0.1, 0.15) is 0 Å². The molecule has 72 valence electrons. The molecule has 3 nitrogen and oxygen atoms in total. The van der Waals surface area contributed by atoms with Crippen LogP contribution in [0.5, 0.6) is 0 Å². The number of hydrogen-bond donors (Lipinski definition) is 2. The van der Waals surface area contributed by atoms with Crippen molar-refractivity contribution in [3.05, 3.63) is 29.6 Å². The molecule has 0 aliphatic carbocycles. The molecule has 0 fully saturated rings. The van der Waals surface area contributed by atoms with Crippen LogP contribution in [0, 0.1) is 11.9 Å². The standard InChI is InChI=1S/C8H10F2N2O/c1-11-6(4-13)5-2-7(9)12-8(10)3-5/h2-3,6,11,13H,4H2,1H3. The first-order valence-corrected chi connectivity index (χ1v) is 3.78. The van der Waals surface area contributed by atoms with Crippen molar-refractivity contribution in [2.45, 2.75) is 6.04 Å². The number of likely N-dealkylation sites (N-methyl/N-ethyl adjacent to an activating group) is 1. The number of pyridine rings is 1. The van der Waals surface area contributed by atoms with Crippen molar-refractivity contribution < 1.29 is 13.9 Å². The minimum atomic E-state index is -0.885. The Labute approximate surface area is 74.4 Å². The predicted octanol–water partition coefficient (Wildman–Crippen LogP) is 0.613. The lowest BCUT2D eigenvalue weighted by Gasteiger charge is -2.12. The van der Waals surface area contributed by atoms with Gasteiger partial charge in [-0.1, -0.05) is 0 Å². The van der Waals surface area contributed by atoms with E-state index in [2.05, 4.69) is 10.3 Å². The fraction of sp³-hybridized carbons (Fsp3) is 0.375. The van der Waals surface area contributed by atoms with Crippen molar-refractivity contribution in [2.24, 2.45) is 0 Å². The number of aliphatic hydroxyl groups is 1. The van der Waals surface area contributed by atoms with E-state index in [1.165, 1.54) is 0 Å². The number of nitrogens with zero attached hydrogens (tertiary/aromatic N) is 1. The summed E-state index contributed by atoms with van der Waals surface area (Å²) in [6.45, 7) is -0.223. The Balaban J connectivity index is 2.99. The minimum Gasteiger partial charge on any atom is -0.394 e. The molecule has 2 N–H and O–H groups in total. The van der Waals surface area contributed by atoms with Gasteiger partial charge in [0.2, 0.25) is 11.9 Å². The third-order valence-corrected chi connectivity index (χ3v) is 1.72. The van der Waals surface area contributed by atoms with E-state index in [-0.39, 0.29) is 6.61 Å². The fourth-order valence-electron chi connectivity index (χ4n) is 1.05. The molecule has 0 radical (unpaired) electrons. The summed E-state index contributed by atoms with van der Waals surface area (Å²) in [5, 5.41) is 11.5. The molecule has 1 aromatic heterocycles. The predicted molar refractivity (Wildman–Crippen MR) is 43.0 cm³/mol. The van der Waals surface area contributed by atoms with Crippen molar-refractivity contribution in [1.29, 1.82) is 0 Å². The second-order valence-corrected chi connectivity index (χ2v) is 2.57. The zero-order valence-corrected chi connectivity index (χ0v) is 7.09. The van der Waals surface area contributed by atoms with Gasteiger partial charge in [0.25, 0.3) is 0 Å². The molecule has 0 saturated heterocycles. The van der Waals surface area contributed by atoms with Crippen molar-refractivity contribution >= 4 is 0 Å². The normalized spacial score (nSPS) is 12.9. The van der Waals surface area contributed by atoms with Gasteiger partial charge in [-0.3, -0.25) is 0 Å². The second-order valence-electron chi connectivity index (χ2n) is 2.57. The highest BCUT2D eigenvalue weighted by Gasteiger charge is 2.10. The summed E-state index contributed by atoms with van der Waals surface area (Å²) in [5.74, 6) is -1.77. The Morgan fingerprint density at radius 3 is 2.38 bits per heavy atom. The third kappa shape index (κ3) is 2.43. The Bertz CT molecular complexity index is 269. The summed E-state index contributed by atoms with van der Waals surface area (Å²) in [4.78, 5) is 2.94. The van der Waals surface area contributed by atoms with Gasteiger partial charge in [-0.15, -0.1) is 0 Å². The van der Waals surface area contributed by atoms with Crippen molar-refractivity contribution in [2.75, 3.05) is 13.7 Å². The zero-order chi connectivity index (χ0) is 9.84. The lowest BCUT2D eigenvalue weighted by Crippen LogP contribution is -2.20. The number of aromatic nitrogens is 1. The van der Waals surface area contributed by atoms with E-state index >= 15 is 0 Å². The molecule has 1 atom stereocenters. The second kappa shape index (κ2) is 4.25. The maximum atomic E-state index is 12.6. The molecule has 1 unspecified atom stereocenters. The smallest absolute Gasteiger partial charge is 0.215 e. The summed E-state index contributed by atoms with van der Waals surface area (Å²) < 4.78 is 25.2. The van der Waals surface area contributed by atoms with Gasteiger partial charge >= 0.3 is 0 Å². The average molecular weight is 188 g/mol. The van der Waals surface area contributed by atoms with E-state index in [0.29, 0.717) is 5.56 Å². The Morgan fingerprint density at radius 2 is 2.00 bits per heavy atom. The highest BCUT2D eigenvalue weighted by molar-refractivity contribution is 5.16. The summed E-state index contributed by atoms with van der Waals surface area (Å²) in [7, 11) is 1.59. The van der Waals surface area contributed by atoms with Gasteiger partial charge in [-0.25, -0.2) is 0 Å². The molecule has 0 spiro atoms. The highest BCUT2D eigenvalue weighted by Crippen LogP contribution is 2.13. The molecule has 0 aromatic carbocycles. The molecule has 0 amide bonds. The SMILES string of the molecule is CNC(CO)c1cc(F)nc(F)c1. The van der Waals surface area contributed by atoms with Crippen LogP contribution in [-0.2, 0) is 0 Å². The van der Waals surface area contributed by atoms with Gasteiger partial charge in [-0.05, 0) is 24.7 Å². The third-order valence-electron chi connectivity index (χ3n) is 1.72.